The average molecular weight is 306 g/mol. The van der Waals surface area contributed by atoms with Crippen LogP contribution in [0.25, 0.3) is 0 Å². The van der Waals surface area contributed by atoms with Crippen molar-refractivity contribution in [3.63, 3.8) is 0 Å². The highest BCUT2D eigenvalue weighted by Crippen LogP contribution is 2.15. The third-order valence-electron chi connectivity index (χ3n) is 3.42. The Morgan fingerprint density at radius 3 is 3.09 bits per heavy atom. The van der Waals surface area contributed by atoms with Crippen molar-refractivity contribution < 1.29 is 14.3 Å². The molecule has 5 heteroatoms. The molecule has 0 saturated carbocycles. The monoisotopic (exact) mass is 306 g/mol. The van der Waals surface area contributed by atoms with Gasteiger partial charge in [-0.25, -0.2) is 0 Å². The van der Waals surface area contributed by atoms with Crippen LogP contribution in [0.5, 0.6) is 5.75 Å². The SMILES string of the molecule is CC(C)Oc1cccc(CCNC(=O)CC2CNCCO2)c1. The summed E-state index contributed by atoms with van der Waals surface area (Å²) in [4.78, 5) is 11.9. The maximum absolute atomic E-state index is 11.9. The number of ether oxygens (including phenoxy) is 2. The van der Waals surface area contributed by atoms with Crippen molar-refractivity contribution in [2.75, 3.05) is 26.2 Å². The topological polar surface area (TPSA) is 59.6 Å². The summed E-state index contributed by atoms with van der Waals surface area (Å²) in [6, 6.07) is 8.01. The average Bonchev–Trinajstić information content (AvgIpc) is 2.48. The molecule has 1 unspecified atom stereocenters. The van der Waals surface area contributed by atoms with Crippen molar-refractivity contribution in [1.82, 2.24) is 10.6 Å². The molecule has 122 valence electrons. The van der Waals surface area contributed by atoms with E-state index in [2.05, 4.69) is 10.6 Å². The smallest absolute Gasteiger partial charge is 0.222 e. The molecule has 2 N–H and O–H groups in total. The van der Waals surface area contributed by atoms with Crippen LogP contribution in [0.15, 0.2) is 24.3 Å². The number of amides is 1. The van der Waals surface area contributed by atoms with Gasteiger partial charge in [0.05, 0.1) is 25.2 Å². The maximum atomic E-state index is 11.9. The summed E-state index contributed by atoms with van der Waals surface area (Å²) in [5, 5.41) is 6.18. The summed E-state index contributed by atoms with van der Waals surface area (Å²) in [6.45, 7) is 6.95. The molecule has 1 aromatic carbocycles. The van der Waals surface area contributed by atoms with E-state index in [1.54, 1.807) is 0 Å². The Hall–Kier alpha value is -1.59. The zero-order chi connectivity index (χ0) is 15.8. The Bertz CT molecular complexity index is 471. The highest BCUT2D eigenvalue weighted by Gasteiger charge is 2.16. The van der Waals surface area contributed by atoms with E-state index in [1.807, 2.05) is 38.1 Å². The quantitative estimate of drug-likeness (QED) is 0.802. The Kier molecular flexibility index (Phi) is 6.68. The first-order valence-electron chi connectivity index (χ1n) is 7.98. The second kappa shape index (κ2) is 8.76. The lowest BCUT2D eigenvalue weighted by Gasteiger charge is -2.23. The Morgan fingerprint density at radius 2 is 2.36 bits per heavy atom. The minimum atomic E-state index is -0.00322. The van der Waals surface area contributed by atoms with Crippen molar-refractivity contribution in [2.45, 2.75) is 38.9 Å². The van der Waals surface area contributed by atoms with Gasteiger partial charge in [-0.15, -0.1) is 0 Å². The number of hydrogen-bond donors (Lipinski definition) is 2. The summed E-state index contributed by atoms with van der Waals surface area (Å²) >= 11 is 0. The van der Waals surface area contributed by atoms with Gasteiger partial charge in [-0.2, -0.15) is 0 Å². The zero-order valence-corrected chi connectivity index (χ0v) is 13.4. The fourth-order valence-corrected chi connectivity index (χ4v) is 2.42. The van der Waals surface area contributed by atoms with E-state index in [1.165, 1.54) is 0 Å². The second-order valence-corrected chi connectivity index (χ2v) is 5.82. The number of hydrogen-bond acceptors (Lipinski definition) is 4. The fourth-order valence-electron chi connectivity index (χ4n) is 2.42. The molecule has 1 fully saturated rings. The molecule has 2 rings (SSSR count). The number of carbonyl (C=O) groups excluding carboxylic acids is 1. The lowest BCUT2D eigenvalue weighted by molar-refractivity contribution is -0.124. The molecule has 1 aromatic rings. The zero-order valence-electron chi connectivity index (χ0n) is 13.4. The predicted molar refractivity (Wildman–Crippen MR) is 86.1 cm³/mol. The number of rotatable bonds is 7. The van der Waals surface area contributed by atoms with Crippen LogP contribution >= 0.6 is 0 Å². The molecule has 0 spiro atoms. The normalized spacial score (nSPS) is 18.2. The largest absolute Gasteiger partial charge is 0.491 e. The highest BCUT2D eigenvalue weighted by atomic mass is 16.5. The van der Waals surface area contributed by atoms with Gasteiger partial charge in [0.15, 0.2) is 0 Å². The first-order valence-corrected chi connectivity index (χ1v) is 7.98. The third kappa shape index (κ3) is 6.03. The molecular formula is C17H26N2O3. The molecule has 1 atom stereocenters. The molecular weight excluding hydrogens is 280 g/mol. The van der Waals surface area contributed by atoms with Crippen molar-refractivity contribution in [1.29, 1.82) is 0 Å². The molecule has 1 saturated heterocycles. The Morgan fingerprint density at radius 1 is 1.50 bits per heavy atom. The van der Waals surface area contributed by atoms with Crippen molar-refractivity contribution >= 4 is 5.91 Å². The molecule has 1 heterocycles. The summed E-state index contributed by atoms with van der Waals surface area (Å²) in [5.41, 5.74) is 1.16. The van der Waals surface area contributed by atoms with Gasteiger partial charge in [-0.05, 0) is 38.0 Å². The molecule has 0 radical (unpaired) electrons. The predicted octanol–water partition coefficient (Wildman–Crippen LogP) is 1.51. The van der Waals surface area contributed by atoms with Gasteiger partial charge in [0.25, 0.3) is 0 Å². The van der Waals surface area contributed by atoms with E-state index in [-0.39, 0.29) is 18.1 Å². The standard InChI is InChI=1S/C17H26N2O3/c1-13(2)22-15-5-3-4-14(10-15)6-7-19-17(20)11-16-12-18-8-9-21-16/h3-5,10,13,16,18H,6-9,11-12H2,1-2H3,(H,19,20). The number of carbonyl (C=O) groups is 1. The summed E-state index contributed by atoms with van der Waals surface area (Å²) in [7, 11) is 0. The highest BCUT2D eigenvalue weighted by molar-refractivity contribution is 5.76. The van der Waals surface area contributed by atoms with E-state index in [4.69, 9.17) is 9.47 Å². The van der Waals surface area contributed by atoms with Crippen LogP contribution in [0, 0.1) is 0 Å². The molecule has 1 aliphatic rings. The molecule has 5 nitrogen and oxygen atoms in total. The molecule has 0 aliphatic carbocycles. The van der Waals surface area contributed by atoms with Crippen LogP contribution in [-0.4, -0.2) is 44.4 Å². The van der Waals surface area contributed by atoms with Gasteiger partial charge < -0.3 is 20.1 Å². The Labute approximate surface area is 132 Å². The van der Waals surface area contributed by atoms with Crippen molar-refractivity contribution in [2.24, 2.45) is 0 Å². The van der Waals surface area contributed by atoms with E-state index in [0.717, 1.165) is 30.8 Å². The van der Waals surface area contributed by atoms with Crippen LogP contribution in [0.4, 0.5) is 0 Å². The van der Waals surface area contributed by atoms with E-state index in [0.29, 0.717) is 19.6 Å². The van der Waals surface area contributed by atoms with E-state index >= 15 is 0 Å². The van der Waals surface area contributed by atoms with Gasteiger partial charge in [-0.1, -0.05) is 12.1 Å². The van der Waals surface area contributed by atoms with Crippen LogP contribution in [-0.2, 0) is 16.0 Å². The third-order valence-corrected chi connectivity index (χ3v) is 3.42. The van der Waals surface area contributed by atoms with Crippen LogP contribution in [0.1, 0.15) is 25.8 Å². The van der Waals surface area contributed by atoms with Crippen LogP contribution in [0.2, 0.25) is 0 Å². The Balaban J connectivity index is 1.70. The molecule has 1 aliphatic heterocycles. The van der Waals surface area contributed by atoms with E-state index < -0.39 is 0 Å². The lowest BCUT2D eigenvalue weighted by Crippen LogP contribution is -2.41. The van der Waals surface area contributed by atoms with Crippen molar-refractivity contribution in [3.8, 4) is 5.75 Å². The van der Waals surface area contributed by atoms with Gasteiger partial charge in [0.1, 0.15) is 5.75 Å². The second-order valence-electron chi connectivity index (χ2n) is 5.82. The number of benzene rings is 1. The first kappa shape index (κ1) is 16.8. The maximum Gasteiger partial charge on any atom is 0.222 e. The molecule has 0 bridgehead atoms. The van der Waals surface area contributed by atoms with Gasteiger partial charge >= 0.3 is 0 Å². The number of morpholine rings is 1. The van der Waals surface area contributed by atoms with E-state index in [9.17, 15) is 4.79 Å². The van der Waals surface area contributed by atoms with Gasteiger partial charge in [0, 0.05) is 19.6 Å². The fraction of sp³-hybridized carbons (Fsp3) is 0.588. The summed E-state index contributed by atoms with van der Waals surface area (Å²) < 4.78 is 11.2. The summed E-state index contributed by atoms with van der Waals surface area (Å²) in [5.74, 6) is 0.920. The molecule has 22 heavy (non-hydrogen) atoms. The van der Waals surface area contributed by atoms with Gasteiger partial charge in [0.2, 0.25) is 5.91 Å². The minimum absolute atomic E-state index is 0.00322. The number of nitrogens with one attached hydrogen (secondary N) is 2. The molecule has 1 amide bonds. The lowest BCUT2D eigenvalue weighted by atomic mass is 10.1. The van der Waals surface area contributed by atoms with Crippen LogP contribution < -0.4 is 15.4 Å². The summed E-state index contributed by atoms with van der Waals surface area (Å²) in [6.07, 6.45) is 1.38. The molecule has 0 aromatic heterocycles. The van der Waals surface area contributed by atoms with Crippen LogP contribution in [0.3, 0.4) is 0 Å². The first-order chi connectivity index (χ1) is 10.6. The minimum Gasteiger partial charge on any atom is -0.491 e. The van der Waals surface area contributed by atoms with Gasteiger partial charge in [-0.3, -0.25) is 4.79 Å². The van der Waals surface area contributed by atoms with Crippen molar-refractivity contribution in [3.05, 3.63) is 29.8 Å².